The number of rotatable bonds is 3. The van der Waals surface area contributed by atoms with Gasteiger partial charge in [0.1, 0.15) is 6.04 Å². The van der Waals surface area contributed by atoms with Gasteiger partial charge in [-0.1, -0.05) is 30.3 Å². The number of carbonyl (C=O) groups is 1. The summed E-state index contributed by atoms with van der Waals surface area (Å²) >= 11 is 0. The summed E-state index contributed by atoms with van der Waals surface area (Å²) in [5.74, 6) is 0.0839. The zero-order valence-electron chi connectivity index (χ0n) is 9.08. The predicted molar refractivity (Wildman–Crippen MR) is 64.0 cm³/mol. The Morgan fingerprint density at radius 2 is 2.00 bits per heavy atom. The predicted octanol–water partition coefficient (Wildman–Crippen LogP) is 1.12. The summed E-state index contributed by atoms with van der Waals surface area (Å²) in [5, 5.41) is 2.60. The summed E-state index contributed by atoms with van der Waals surface area (Å²) in [6.07, 6.45) is 4.51. The van der Waals surface area contributed by atoms with Crippen molar-refractivity contribution in [1.82, 2.24) is 9.97 Å². The maximum absolute atomic E-state index is 11.8. The Balaban J connectivity index is 2.06. The number of carbonyl (C=O) groups excluding carboxylic acids is 1. The van der Waals surface area contributed by atoms with Gasteiger partial charge in [0.15, 0.2) is 5.82 Å². The molecule has 0 fully saturated rings. The molecule has 0 aliphatic heterocycles. The van der Waals surface area contributed by atoms with Gasteiger partial charge in [-0.3, -0.25) is 9.78 Å². The SMILES string of the molecule is N[C@@H](C(=O)Nc1cnccn1)c1ccccc1. The number of hydrogen-bond acceptors (Lipinski definition) is 4. The molecule has 2 aromatic rings. The molecular weight excluding hydrogens is 216 g/mol. The van der Waals surface area contributed by atoms with Crippen LogP contribution in [0.2, 0.25) is 0 Å². The molecule has 17 heavy (non-hydrogen) atoms. The van der Waals surface area contributed by atoms with E-state index in [4.69, 9.17) is 5.73 Å². The molecule has 0 spiro atoms. The highest BCUT2D eigenvalue weighted by Gasteiger charge is 2.15. The summed E-state index contributed by atoms with van der Waals surface area (Å²) in [7, 11) is 0. The van der Waals surface area contributed by atoms with Crippen molar-refractivity contribution in [3.8, 4) is 0 Å². The van der Waals surface area contributed by atoms with E-state index in [1.165, 1.54) is 18.6 Å². The Kier molecular flexibility index (Phi) is 3.42. The third-order valence-electron chi connectivity index (χ3n) is 2.26. The average molecular weight is 228 g/mol. The van der Waals surface area contributed by atoms with Crippen LogP contribution in [0.5, 0.6) is 0 Å². The highest BCUT2D eigenvalue weighted by molar-refractivity contribution is 5.94. The molecule has 0 aliphatic rings. The average Bonchev–Trinajstić information content (AvgIpc) is 2.40. The molecule has 86 valence electrons. The highest BCUT2D eigenvalue weighted by Crippen LogP contribution is 2.11. The zero-order chi connectivity index (χ0) is 12.1. The van der Waals surface area contributed by atoms with Gasteiger partial charge < -0.3 is 11.1 Å². The fourth-order valence-electron chi connectivity index (χ4n) is 1.38. The van der Waals surface area contributed by atoms with Gasteiger partial charge in [0.25, 0.3) is 0 Å². The third kappa shape index (κ3) is 2.85. The summed E-state index contributed by atoms with van der Waals surface area (Å²) in [6.45, 7) is 0. The first-order valence-electron chi connectivity index (χ1n) is 5.15. The van der Waals surface area contributed by atoms with E-state index >= 15 is 0 Å². The van der Waals surface area contributed by atoms with Crippen LogP contribution in [-0.2, 0) is 4.79 Å². The zero-order valence-corrected chi connectivity index (χ0v) is 9.08. The first-order valence-corrected chi connectivity index (χ1v) is 5.15. The summed E-state index contributed by atoms with van der Waals surface area (Å²) in [4.78, 5) is 19.6. The van der Waals surface area contributed by atoms with Gasteiger partial charge in [0.05, 0.1) is 6.20 Å². The number of hydrogen-bond donors (Lipinski definition) is 2. The maximum atomic E-state index is 11.8. The quantitative estimate of drug-likeness (QED) is 0.824. The van der Waals surface area contributed by atoms with Crippen LogP contribution in [0.3, 0.4) is 0 Å². The van der Waals surface area contributed by atoms with Crippen molar-refractivity contribution >= 4 is 11.7 Å². The van der Waals surface area contributed by atoms with E-state index in [0.29, 0.717) is 5.82 Å². The molecule has 5 heteroatoms. The van der Waals surface area contributed by atoms with Gasteiger partial charge in [-0.05, 0) is 5.56 Å². The van der Waals surface area contributed by atoms with E-state index < -0.39 is 6.04 Å². The van der Waals surface area contributed by atoms with Crippen LogP contribution in [-0.4, -0.2) is 15.9 Å². The van der Waals surface area contributed by atoms with Crippen molar-refractivity contribution < 1.29 is 4.79 Å². The number of nitrogens with zero attached hydrogens (tertiary/aromatic N) is 2. The minimum Gasteiger partial charge on any atom is -0.316 e. The first-order chi connectivity index (χ1) is 8.27. The Morgan fingerprint density at radius 1 is 1.24 bits per heavy atom. The molecule has 0 saturated heterocycles. The van der Waals surface area contributed by atoms with E-state index in [2.05, 4.69) is 15.3 Å². The van der Waals surface area contributed by atoms with Gasteiger partial charge in [-0.15, -0.1) is 0 Å². The van der Waals surface area contributed by atoms with Crippen molar-refractivity contribution in [2.24, 2.45) is 5.73 Å². The minimum atomic E-state index is -0.710. The number of aromatic nitrogens is 2. The molecule has 5 nitrogen and oxygen atoms in total. The Bertz CT molecular complexity index is 486. The monoisotopic (exact) mass is 228 g/mol. The van der Waals surface area contributed by atoms with Crippen LogP contribution in [0.1, 0.15) is 11.6 Å². The van der Waals surface area contributed by atoms with Crippen LogP contribution < -0.4 is 11.1 Å². The molecule has 1 amide bonds. The standard InChI is InChI=1S/C12H12N4O/c13-11(9-4-2-1-3-5-9)12(17)16-10-8-14-6-7-15-10/h1-8,11H,13H2,(H,15,16,17)/t11-/m1/s1. The second kappa shape index (κ2) is 5.18. The fourth-order valence-corrected chi connectivity index (χ4v) is 1.38. The Labute approximate surface area is 98.7 Å². The van der Waals surface area contributed by atoms with Crippen LogP contribution >= 0.6 is 0 Å². The van der Waals surface area contributed by atoms with Crippen molar-refractivity contribution in [2.45, 2.75) is 6.04 Å². The molecule has 3 N–H and O–H groups in total. The molecule has 0 unspecified atom stereocenters. The van der Waals surface area contributed by atoms with Crippen molar-refractivity contribution in [3.05, 3.63) is 54.5 Å². The molecule has 0 saturated carbocycles. The Hall–Kier alpha value is -2.27. The second-order valence-electron chi connectivity index (χ2n) is 3.47. The van der Waals surface area contributed by atoms with E-state index in [9.17, 15) is 4.79 Å². The molecule has 0 aliphatic carbocycles. The lowest BCUT2D eigenvalue weighted by molar-refractivity contribution is -0.117. The van der Waals surface area contributed by atoms with Crippen molar-refractivity contribution in [1.29, 1.82) is 0 Å². The van der Waals surface area contributed by atoms with Crippen molar-refractivity contribution in [3.63, 3.8) is 0 Å². The molecule has 0 bridgehead atoms. The second-order valence-corrected chi connectivity index (χ2v) is 3.47. The molecule has 0 radical (unpaired) electrons. The summed E-state index contributed by atoms with van der Waals surface area (Å²) < 4.78 is 0. The maximum Gasteiger partial charge on any atom is 0.247 e. The largest absolute Gasteiger partial charge is 0.316 e. The summed E-state index contributed by atoms with van der Waals surface area (Å²) in [5.41, 5.74) is 6.58. The molecule has 1 aromatic heterocycles. The lowest BCUT2D eigenvalue weighted by Gasteiger charge is -2.11. The van der Waals surface area contributed by atoms with E-state index in [0.717, 1.165) is 5.56 Å². The number of anilines is 1. The first kappa shape index (κ1) is 11.2. The Morgan fingerprint density at radius 3 is 2.65 bits per heavy atom. The normalized spacial score (nSPS) is 11.8. The molecule has 1 aromatic carbocycles. The lowest BCUT2D eigenvalue weighted by atomic mass is 10.1. The van der Waals surface area contributed by atoms with E-state index in [1.807, 2.05) is 18.2 Å². The highest BCUT2D eigenvalue weighted by atomic mass is 16.2. The van der Waals surface area contributed by atoms with Crippen LogP contribution in [0.25, 0.3) is 0 Å². The van der Waals surface area contributed by atoms with Gasteiger partial charge in [0, 0.05) is 12.4 Å². The minimum absolute atomic E-state index is 0.309. The van der Waals surface area contributed by atoms with Crippen LogP contribution in [0, 0.1) is 0 Å². The molecule has 1 atom stereocenters. The van der Waals surface area contributed by atoms with Gasteiger partial charge >= 0.3 is 0 Å². The fraction of sp³-hybridized carbons (Fsp3) is 0.0833. The van der Waals surface area contributed by atoms with Gasteiger partial charge in [-0.2, -0.15) is 0 Å². The van der Waals surface area contributed by atoms with E-state index in [-0.39, 0.29) is 5.91 Å². The number of nitrogens with one attached hydrogen (secondary N) is 1. The molecule has 1 heterocycles. The third-order valence-corrected chi connectivity index (χ3v) is 2.26. The molecule has 2 rings (SSSR count). The van der Waals surface area contributed by atoms with Crippen LogP contribution in [0.15, 0.2) is 48.9 Å². The van der Waals surface area contributed by atoms with E-state index in [1.54, 1.807) is 12.1 Å². The topological polar surface area (TPSA) is 80.9 Å². The number of nitrogens with two attached hydrogens (primary N) is 1. The summed E-state index contributed by atoms with van der Waals surface area (Å²) in [6, 6.07) is 8.45. The molecular formula is C12H12N4O. The number of benzene rings is 1. The van der Waals surface area contributed by atoms with Gasteiger partial charge in [-0.25, -0.2) is 4.98 Å². The number of amides is 1. The smallest absolute Gasteiger partial charge is 0.247 e. The lowest BCUT2D eigenvalue weighted by Crippen LogP contribution is -2.28. The van der Waals surface area contributed by atoms with Crippen LogP contribution in [0.4, 0.5) is 5.82 Å². The van der Waals surface area contributed by atoms with Gasteiger partial charge in [0.2, 0.25) is 5.91 Å². The van der Waals surface area contributed by atoms with Crippen molar-refractivity contribution in [2.75, 3.05) is 5.32 Å².